The molecule has 3 rings (SSSR count). The molecule has 0 fully saturated rings. The molecule has 0 bridgehead atoms. The number of rotatable bonds is 12. The van der Waals surface area contributed by atoms with Crippen LogP contribution in [0.4, 0.5) is 0 Å². The zero-order valence-electron chi connectivity index (χ0n) is 16.2. The van der Waals surface area contributed by atoms with E-state index < -0.39 is 5.56 Å². The fraction of sp³-hybridized carbons (Fsp3) is 0.364. The second kappa shape index (κ2) is 11.2. The van der Waals surface area contributed by atoms with E-state index in [1.165, 1.54) is 0 Å². The first-order valence-corrected chi connectivity index (χ1v) is 10.2. The van der Waals surface area contributed by atoms with Crippen molar-refractivity contribution in [3.05, 3.63) is 48.5 Å². The molecule has 0 spiro atoms. The summed E-state index contributed by atoms with van der Waals surface area (Å²) in [5, 5.41) is 27.8. The van der Waals surface area contributed by atoms with Crippen molar-refractivity contribution in [3.63, 3.8) is 0 Å². The molecule has 0 aromatic heterocycles. The van der Waals surface area contributed by atoms with E-state index in [9.17, 15) is 0 Å². The maximum atomic E-state index is 8.92. The molecule has 3 aromatic rings. The molecule has 0 amide bonds. The third-order valence-electron chi connectivity index (χ3n) is 4.49. The zero-order chi connectivity index (χ0) is 20.5. The summed E-state index contributed by atoms with van der Waals surface area (Å²) in [6, 6.07) is 15.9. The maximum absolute atomic E-state index is 8.92. The van der Waals surface area contributed by atoms with Crippen LogP contribution in [-0.4, -0.2) is 61.8 Å². The van der Waals surface area contributed by atoms with E-state index in [4.69, 9.17) is 31.3 Å². The number of hydrogen-bond acceptors (Lipinski definition) is 6. The van der Waals surface area contributed by atoms with Gasteiger partial charge in [-0.05, 0) is 0 Å². The molecular formula is C22H27ClN2O4. The Kier molecular flexibility index (Phi) is 8.34. The number of ether oxygens (including phenoxy) is 2. The van der Waals surface area contributed by atoms with Gasteiger partial charge in [0, 0.05) is 47.7 Å². The van der Waals surface area contributed by atoms with Gasteiger partial charge in [0.25, 0.3) is 0 Å². The second-order valence-corrected chi connectivity index (χ2v) is 7.01. The largest absolute Gasteiger partial charge is 0.491 e. The number of hydrogen-bond donors (Lipinski definition) is 4. The summed E-state index contributed by atoms with van der Waals surface area (Å²) in [5.41, 5.74) is -0.581. The average molecular weight is 419 g/mol. The van der Waals surface area contributed by atoms with Crippen LogP contribution in [0.1, 0.15) is 0 Å². The first-order chi connectivity index (χ1) is 14.3. The summed E-state index contributed by atoms with van der Waals surface area (Å²) in [4.78, 5) is 0. The lowest BCUT2D eigenvalue weighted by molar-refractivity contribution is 0.259. The maximum Gasteiger partial charge on any atom is 0.184 e. The quantitative estimate of drug-likeness (QED) is 0.205. The Balaban J connectivity index is 1.95. The van der Waals surface area contributed by atoms with Crippen molar-refractivity contribution in [3.8, 4) is 11.5 Å². The Bertz CT molecular complexity index is 865. The van der Waals surface area contributed by atoms with Gasteiger partial charge in [0.2, 0.25) is 0 Å². The summed E-state index contributed by atoms with van der Waals surface area (Å²) < 4.78 is 12.3. The van der Waals surface area contributed by atoms with Crippen molar-refractivity contribution in [2.75, 3.05) is 46.0 Å². The highest BCUT2D eigenvalue weighted by Gasteiger charge is 2.18. The van der Waals surface area contributed by atoms with Crippen LogP contribution in [0.2, 0.25) is 0 Å². The number of nitrogens with one attached hydrogen (secondary N) is 2. The van der Waals surface area contributed by atoms with E-state index in [-0.39, 0.29) is 13.2 Å². The van der Waals surface area contributed by atoms with Gasteiger partial charge in [-0.25, -0.2) is 0 Å². The second-order valence-electron chi connectivity index (χ2n) is 6.53. The van der Waals surface area contributed by atoms with Crippen molar-refractivity contribution in [1.82, 2.24) is 10.6 Å². The van der Waals surface area contributed by atoms with Crippen molar-refractivity contribution in [2.45, 2.75) is 5.56 Å². The highest BCUT2D eigenvalue weighted by Crippen LogP contribution is 2.43. The molecule has 0 saturated carbocycles. The number of aliphatic hydroxyl groups is 2. The molecule has 29 heavy (non-hydrogen) atoms. The Labute approximate surface area is 175 Å². The van der Waals surface area contributed by atoms with E-state index in [1.807, 2.05) is 48.5 Å². The first-order valence-electron chi connectivity index (χ1n) is 9.76. The van der Waals surface area contributed by atoms with Gasteiger partial charge in [-0.1, -0.05) is 60.1 Å². The highest BCUT2D eigenvalue weighted by atomic mass is 35.5. The van der Waals surface area contributed by atoms with Crippen LogP contribution >= 0.6 is 11.6 Å². The lowest BCUT2D eigenvalue weighted by atomic mass is 10.0. The number of aliphatic hydroxyl groups excluding tert-OH is 2. The van der Waals surface area contributed by atoms with Crippen LogP contribution in [0.25, 0.3) is 21.5 Å². The third kappa shape index (κ3) is 5.50. The summed E-state index contributed by atoms with van der Waals surface area (Å²) >= 11 is 6.40. The molecule has 4 N–H and O–H groups in total. The van der Waals surface area contributed by atoms with Crippen molar-refractivity contribution in [2.24, 2.45) is 0 Å². The topological polar surface area (TPSA) is 83.0 Å². The van der Waals surface area contributed by atoms with E-state index >= 15 is 0 Å². The minimum atomic E-state index is -0.581. The SMILES string of the molecule is OCCNCCOc1c2ccccc2c(OC(Cl)CNCCO)c2ccccc12. The summed E-state index contributed by atoms with van der Waals surface area (Å²) in [7, 11) is 0. The van der Waals surface area contributed by atoms with Gasteiger partial charge in [-0.2, -0.15) is 0 Å². The standard InChI is InChI=1S/C22H27ClN2O4/c23-20(15-25-10-13-27)29-22-18-7-3-1-5-16(18)21(28-14-11-24-9-12-26)17-6-2-4-8-19(17)22/h1-8,20,24-27H,9-15H2. The van der Waals surface area contributed by atoms with Crippen molar-refractivity contribution < 1.29 is 19.7 Å². The van der Waals surface area contributed by atoms with Gasteiger partial charge in [0.1, 0.15) is 18.1 Å². The monoisotopic (exact) mass is 418 g/mol. The van der Waals surface area contributed by atoms with E-state index in [0.717, 1.165) is 27.3 Å². The molecule has 1 unspecified atom stereocenters. The Morgan fingerprint density at radius 1 is 0.759 bits per heavy atom. The van der Waals surface area contributed by atoms with Gasteiger partial charge < -0.3 is 30.3 Å². The summed E-state index contributed by atoms with van der Waals surface area (Å²) in [6.07, 6.45) is 0. The molecule has 0 saturated heterocycles. The number of alkyl halides is 1. The highest BCUT2D eigenvalue weighted by molar-refractivity contribution is 6.20. The van der Waals surface area contributed by atoms with Crippen molar-refractivity contribution in [1.29, 1.82) is 0 Å². The van der Waals surface area contributed by atoms with Gasteiger partial charge >= 0.3 is 0 Å². The van der Waals surface area contributed by atoms with E-state index in [1.54, 1.807) is 0 Å². The van der Waals surface area contributed by atoms with Gasteiger partial charge in [-0.3, -0.25) is 0 Å². The fourth-order valence-corrected chi connectivity index (χ4v) is 3.42. The Hall–Kier alpha value is -2.09. The van der Waals surface area contributed by atoms with E-state index in [0.29, 0.717) is 38.5 Å². The van der Waals surface area contributed by atoms with Crippen LogP contribution in [0, 0.1) is 0 Å². The van der Waals surface area contributed by atoms with Gasteiger partial charge in [-0.15, -0.1) is 0 Å². The zero-order valence-corrected chi connectivity index (χ0v) is 17.0. The minimum absolute atomic E-state index is 0.0503. The summed E-state index contributed by atoms with van der Waals surface area (Å²) in [5.74, 6) is 1.52. The number of benzene rings is 3. The normalized spacial score (nSPS) is 12.4. The van der Waals surface area contributed by atoms with Crippen LogP contribution in [0.15, 0.2) is 48.5 Å². The fourth-order valence-electron chi connectivity index (χ4n) is 3.22. The Morgan fingerprint density at radius 3 is 1.83 bits per heavy atom. The first kappa shape index (κ1) is 21.6. The minimum Gasteiger partial charge on any atom is -0.491 e. The molecule has 156 valence electrons. The average Bonchev–Trinajstić information content (AvgIpc) is 2.75. The predicted octanol–water partition coefficient (Wildman–Crippen LogP) is 2.48. The van der Waals surface area contributed by atoms with Crippen LogP contribution in [0.5, 0.6) is 11.5 Å². The molecule has 1 atom stereocenters. The third-order valence-corrected chi connectivity index (χ3v) is 4.73. The molecule has 3 aromatic carbocycles. The predicted molar refractivity (Wildman–Crippen MR) is 117 cm³/mol. The molecule has 0 radical (unpaired) electrons. The Morgan fingerprint density at radius 2 is 1.28 bits per heavy atom. The number of halogens is 1. The van der Waals surface area contributed by atoms with Gasteiger partial charge in [0.05, 0.1) is 13.2 Å². The molecule has 0 aliphatic carbocycles. The molecule has 0 heterocycles. The number of fused-ring (bicyclic) bond motifs is 2. The van der Waals surface area contributed by atoms with Gasteiger partial charge in [0.15, 0.2) is 5.56 Å². The lowest BCUT2D eigenvalue weighted by Crippen LogP contribution is -2.29. The van der Waals surface area contributed by atoms with Crippen molar-refractivity contribution >= 4 is 33.1 Å². The summed E-state index contributed by atoms with van der Waals surface area (Å²) in [6.45, 7) is 2.70. The lowest BCUT2D eigenvalue weighted by Gasteiger charge is -2.20. The molecule has 6 nitrogen and oxygen atoms in total. The van der Waals surface area contributed by atoms with E-state index in [2.05, 4.69) is 10.6 Å². The smallest absolute Gasteiger partial charge is 0.184 e. The molecule has 0 aliphatic rings. The van der Waals surface area contributed by atoms with Crippen LogP contribution in [-0.2, 0) is 0 Å². The van der Waals surface area contributed by atoms with Crippen LogP contribution in [0.3, 0.4) is 0 Å². The molecular weight excluding hydrogens is 392 g/mol. The van der Waals surface area contributed by atoms with Crippen LogP contribution < -0.4 is 20.1 Å². The molecule has 7 heteroatoms. The molecule has 0 aliphatic heterocycles.